The number of hydrogen-bond donors (Lipinski definition) is 1. The summed E-state index contributed by atoms with van der Waals surface area (Å²) in [5.74, 6) is 1.98. The molecule has 0 aliphatic rings. The molecule has 0 fully saturated rings. The summed E-state index contributed by atoms with van der Waals surface area (Å²) < 4.78 is 21.4. The van der Waals surface area contributed by atoms with Gasteiger partial charge in [-0.05, 0) is 37.1 Å². The Morgan fingerprint density at radius 1 is 1.04 bits per heavy atom. The molecule has 1 heterocycles. The van der Waals surface area contributed by atoms with Gasteiger partial charge in [-0.2, -0.15) is 0 Å². The van der Waals surface area contributed by atoms with Crippen LogP contribution < -0.4 is 24.3 Å². The van der Waals surface area contributed by atoms with E-state index in [0.717, 1.165) is 11.1 Å². The van der Waals surface area contributed by atoms with Crippen molar-refractivity contribution in [2.24, 2.45) is 0 Å². The second kappa shape index (κ2) is 9.66. The average Bonchev–Trinajstić information content (AvgIpc) is 2.66. The molecule has 0 saturated carbocycles. The molecule has 1 aromatic heterocycles. The summed E-state index contributed by atoms with van der Waals surface area (Å²) in [5, 5.41) is 2.88. The number of hydrogen-bond acceptors (Lipinski definition) is 6. The number of ether oxygens (including phenoxy) is 4. The number of nitrogens with one attached hydrogen (secondary N) is 1. The fourth-order valence-corrected chi connectivity index (χ4v) is 2.51. The first-order chi connectivity index (χ1) is 13.0. The Morgan fingerprint density at radius 3 is 2.19 bits per heavy atom. The van der Waals surface area contributed by atoms with Crippen molar-refractivity contribution in [2.45, 2.75) is 32.9 Å². The van der Waals surface area contributed by atoms with E-state index in [9.17, 15) is 4.79 Å². The van der Waals surface area contributed by atoms with Gasteiger partial charge in [0.15, 0.2) is 11.5 Å². The molecule has 1 aromatic carbocycles. The van der Waals surface area contributed by atoms with E-state index < -0.39 is 0 Å². The minimum atomic E-state index is -0.119. The van der Waals surface area contributed by atoms with E-state index in [4.69, 9.17) is 18.9 Å². The topological polar surface area (TPSA) is 78.9 Å². The van der Waals surface area contributed by atoms with E-state index in [1.54, 1.807) is 38.6 Å². The molecular weight excluding hydrogens is 348 g/mol. The van der Waals surface area contributed by atoms with E-state index >= 15 is 0 Å². The molecule has 0 atom stereocenters. The molecule has 1 N–H and O–H groups in total. The van der Waals surface area contributed by atoms with Crippen LogP contribution in [0.2, 0.25) is 0 Å². The Bertz CT molecular complexity index is 734. The van der Waals surface area contributed by atoms with Crippen molar-refractivity contribution in [1.29, 1.82) is 0 Å². The van der Waals surface area contributed by atoms with Crippen molar-refractivity contribution in [3.63, 3.8) is 0 Å². The summed E-state index contributed by atoms with van der Waals surface area (Å²) in [6.45, 7) is 4.27. The van der Waals surface area contributed by atoms with Gasteiger partial charge in [-0.25, -0.2) is 4.98 Å². The van der Waals surface area contributed by atoms with E-state index in [2.05, 4.69) is 10.3 Å². The van der Waals surface area contributed by atoms with Crippen LogP contribution in [0.4, 0.5) is 0 Å². The van der Waals surface area contributed by atoms with Gasteiger partial charge in [-0.3, -0.25) is 4.79 Å². The third-order valence-electron chi connectivity index (χ3n) is 3.73. The predicted molar refractivity (Wildman–Crippen MR) is 102 cm³/mol. The van der Waals surface area contributed by atoms with E-state index in [1.165, 1.54) is 7.11 Å². The molecule has 2 rings (SSSR count). The highest BCUT2D eigenvalue weighted by Crippen LogP contribution is 2.38. The van der Waals surface area contributed by atoms with Crippen molar-refractivity contribution in [3.05, 3.63) is 41.6 Å². The molecule has 7 heteroatoms. The average molecular weight is 374 g/mol. The van der Waals surface area contributed by atoms with Crippen molar-refractivity contribution >= 4 is 5.91 Å². The van der Waals surface area contributed by atoms with Gasteiger partial charge in [-0.15, -0.1) is 0 Å². The lowest BCUT2D eigenvalue weighted by atomic mass is 10.1. The number of carbonyl (C=O) groups is 1. The van der Waals surface area contributed by atoms with E-state index in [0.29, 0.717) is 29.7 Å². The normalized spacial score (nSPS) is 10.4. The predicted octanol–water partition coefficient (Wildman–Crippen LogP) is 2.75. The highest BCUT2D eigenvalue weighted by molar-refractivity contribution is 5.79. The van der Waals surface area contributed by atoms with Crippen LogP contribution in [-0.2, 0) is 17.8 Å². The first kappa shape index (κ1) is 20.4. The summed E-state index contributed by atoms with van der Waals surface area (Å²) in [7, 11) is 4.62. The highest BCUT2D eigenvalue weighted by atomic mass is 16.5. The Morgan fingerprint density at radius 2 is 1.70 bits per heavy atom. The van der Waals surface area contributed by atoms with Crippen molar-refractivity contribution in [1.82, 2.24) is 10.3 Å². The van der Waals surface area contributed by atoms with Crippen LogP contribution in [0, 0.1) is 0 Å². The lowest BCUT2D eigenvalue weighted by molar-refractivity contribution is -0.120. The van der Waals surface area contributed by atoms with Crippen LogP contribution in [-0.4, -0.2) is 38.3 Å². The van der Waals surface area contributed by atoms with E-state index in [1.807, 2.05) is 19.9 Å². The maximum Gasteiger partial charge on any atom is 0.224 e. The summed E-state index contributed by atoms with van der Waals surface area (Å²) in [6, 6.07) is 7.20. The molecule has 0 spiro atoms. The quantitative estimate of drug-likeness (QED) is 0.727. The summed E-state index contributed by atoms with van der Waals surface area (Å²) in [5.41, 5.74) is 1.66. The fourth-order valence-electron chi connectivity index (χ4n) is 2.51. The van der Waals surface area contributed by atoms with Gasteiger partial charge in [-0.1, -0.05) is 6.07 Å². The minimum Gasteiger partial charge on any atom is -0.493 e. The Hall–Kier alpha value is -2.96. The van der Waals surface area contributed by atoms with Crippen LogP contribution in [0.3, 0.4) is 0 Å². The number of nitrogens with zero attached hydrogens (tertiary/aromatic N) is 1. The van der Waals surface area contributed by atoms with Crippen molar-refractivity contribution in [2.75, 3.05) is 21.3 Å². The molecule has 2 aromatic rings. The molecule has 0 bridgehead atoms. The third kappa shape index (κ3) is 5.77. The summed E-state index contributed by atoms with van der Waals surface area (Å²) in [6.07, 6.45) is 1.96. The maximum absolute atomic E-state index is 12.3. The number of aromatic nitrogens is 1. The molecule has 0 aliphatic carbocycles. The number of benzene rings is 1. The number of carbonyl (C=O) groups excluding carboxylic acids is 1. The molecule has 7 nitrogen and oxygen atoms in total. The zero-order chi connectivity index (χ0) is 19.8. The van der Waals surface area contributed by atoms with Gasteiger partial charge in [0.1, 0.15) is 0 Å². The first-order valence-electron chi connectivity index (χ1n) is 8.64. The monoisotopic (exact) mass is 374 g/mol. The van der Waals surface area contributed by atoms with Crippen LogP contribution in [0.1, 0.15) is 25.0 Å². The lowest BCUT2D eigenvalue weighted by Gasteiger charge is -2.14. The minimum absolute atomic E-state index is 0.0709. The molecule has 27 heavy (non-hydrogen) atoms. The van der Waals surface area contributed by atoms with Crippen molar-refractivity contribution in [3.8, 4) is 23.1 Å². The highest BCUT2D eigenvalue weighted by Gasteiger charge is 2.15. The van der Waals surface area contributed by atoms with Gasteiger partial charge < -0.3 is 24.3 Å². The molecule has 0 aliphatic heterocycles. The SMILES string of the molecule is COc1cc(CC(=O)NCc2ccc(OC(C)C)nc2)cc(OC)c1OC. The first-order valence-corrected chi connectivity index (χ1v) is 8.64. The number of pyridine rings is 1. The van der Waals surface area contributed by atoms with Crippen LogP contribution in [0.5, 0.6) is 23.1 Å². The molecule has 1 amide bonds. The fraction of sp³-hybridized carbons (Fsp3) is 0.400. The Labute approximate surface area is 159 Å². The van der Waals surface area contributed by atoms with Gasteiger partial charge in [0.25, 0.3) is 0 Å². The molecule has 0 unspecified atom stereocenters. The van der Waals surface area contributed by atoms with Crippen LogP contribution >= 0.6 is 0 Å². The zero-order valence-corrected chi connectivity index (χ0v) is 16.4. The summed E-state index contributed by atoms with van der Waals surface area (Å²) >= 11 is 0. The van der Waals surface area contributed by atoms with Gasteiger partial charge >= 0.3 is 0 Å². The standard InChI is InChI=1S/C20H26N2O5/c1-13(2)27-19-7-6-14(12-22-19)11-21-18(23)10-15-8-16(24-3)20(26-5)17(9-15)25-4/h6-9,12-13H,10-11H2,1-5H3,(H,21,23). The lowest BCUT2D eigenvalue weighted by Crippen LogP contribution is -2.24. The number of amides is 1. The largest absolute Gasteiger partial charge is 0.493 e. The zero-order valence-electron chi connectivity index (χ0n) is 16.4. The van der Waals surface area contributed by atoms with Crippen LogP contribution in [0.15, 0.2) is 30.5 Å². The molecule has 0 radical (unpaired) electrons. The smallest absolute Gasteiger partial charge is 0.224 e. The van der Waals surface area contributed by atoms with Gasteiger partial charge in [0.05, 0.1) is 33.9 Å². The number of methoxy groups -OCH3 is 3. The third-order valence-corrected chi connectivity index (χ3v) is 3.73. The van der Waals surface area contributed by atoms with Gasteiger partial charge in [0.2, 0.25) is 17.5 Å². The molecular formula is C20H26N2O5. The Kier molecular flexibility index (Phi) is 7.28. The number of rotatable bonds is 9. The maximum atomic E-state index is 12.3. The van der Waals surface area contributed by atoms with Crippen molar-refractivity contribution < 1.29 is 23.7 Å². The molecule has 146 valence electrons. The van der Waals surface area contributed by atoms with Crippen LogP contribution in [0.25, 0.3) is 0 Å². The second-order valence-corrected chi connectivity index (χ2v) is 6.16. The second-order valence-electron chi connectivity index (χ2n) is 6.16. The van der Waals surface area contributed by atoms with E-state index in [-0.39, 0.29) is 18.4 Å². The molecule has 0 saturated heterocycles. The summed E-state index contributed by atoms with van der Waals surface area (Å²) in [4.78, 5) is 16.5. The van der Waals surface area contributed by atoms with Gasteiger partial charge in [0, 0.05) is 18.8 Å². The Balaban J connectivity index is 1.97.